The number of rotatable bonds is 5. The van der Waals surface area contributed by atoms with Crippen molar-refractivity contribution in [3.05, 3.63) is 24.3 Å². The van der Waals surface area contributed by atoms with E-state index in [0.717, 1.165) is 11.2 Å². The summed E-state index contributed by atoms with van der Waals surface area (Å²) in [5, 5.41) is 16.6. The molecule has 1 unspecified atom stereocenters. The molecule has 18 heavy (non-hydrogen) atoms. The van der Waals surface area contributed by atoms with Crippen LogP contribution < -0.4 is 4.31 Å². The van der Waals surface area contributed by atoms with Crippen LogP contribution in [0, 0.1) is 0 Å². The number of hydrogen-bond acceptors (Lipinski definition) is 4. The van der Waals surface area contributed by atoms with Crippen molar-refractivity contribution in [3.8, 4) is 5.75 Å². The molecular formula is C11H15NO5S. The highest BCUT2D eigenvalue weighted by molar-refractivity contribution is 7.94. The van der Waals surface area contributed by atoms with E-state index in [1.807, 2.05) is 0 Å². The van der Waals surface area contributed by atoms with Gasteiger partial charge in [0.2, 0.25) is 10.0 Å². The normalized spacial score (nSPS) is 13.0. The molecule has 0 heterocycles. The lowest BCUT2D eigenvalue weighted by molar-refractivity contribution is -0.136. The molecule has 0 aliphatic heterocycles. The molecule has 7 heteroatoms. The highest BCUT2D eigenvalue weighted by Gasteiger charge is 2.33. The Kier molecular flexibility index (Phi) is 4.18. The van der Waals surface area contributed by atoms with Gasteiger partial charge in [0.1, 0.15) is 5.75 Å². The number of anilines is 1. The van der Waals surface area contributed by atoms with Gasteiger partial charge in [-0.25, -0.2) is 8.42 Å². The third-order valence-corrected chi connectivity index (χ3v) is 4.69. The average molecular weight is 273 g/mol. The van der Waals surface area contributed by atoms with Crippen molar-refractivity contribution in [2.45, 2.75) is 19.1 Å². The van der Waals surface area contributed by atoms with Gasteiger partial charge in [0, 0.05) is 12.6 Å². The second-order valence-corrected chi connectivity index (χ2v) is 5.89. The highest BCUT2D eigenvalue weighted by Crippen LogP contribution is 2.24. The Morgan fingerprint density at radius 3 is 2.50 bits per heavy atom. The molecule has 1 rings (SSSR count). The van der Waals surface area contributed by atoms with E-state index in [0.29, 0.717) is 0 Å². The molecule has 1 atom stereocenters. The summed E-state index contributed by atoms with van der Waals surface area (Å²) in [4.78, 5) is 10.8. The van der Waals surface area contributed by atoms with Crippen molar-refractivity contribution in [1.29, 1.82) is 0 Å². The smallest absolute Gasteiger partial charge is 0.323 e. The first-order valence-corrected chi connectivity index (χ1v) is 6.84. The Hall–Kier alpha value is -1.76. The lowest BCUT2D eigenvalue weighted by Gasteiger charge is -2.24. The van der Waals surface area contributed by atoms with Gasteiger partial charge in [0.15, 0.2) is 5.25 Å². The van der Waals surface area contributed by atoms with Gasteiger partial charge >= 0.3 is 5.97 Å². The number of phenolic OH excluding ortho intramolecular Hbond substituents is 1. The van der Waals surface area contributed by atoms with Crippen molar-refractivity contribution in [3.63, 3.8) is 0 Å². The molecule has 0 aromatic heterocycles. The molecule has 1 aromatic carbocycles. The molecule has 0 saturated heterocycles. The molecule has 0 fully saturated rings. The molecule has 0 aliphatic carbocycles. The largest absolute Gasteiger partial charge is 0.508 e. The van der Waals surface area contributed by atoms with Crippen molar-refractivity contribution >= 4 is 21.7 Å². The minimum Gasteiger partial charge on any atom is -0.508 e. The van der Waals surface area contributed by atoms with Crippen LogP contribution in [0.15, 0.2) is 24.3 Å². The van der Waals surface area contributed by atoms with Crippen molar-refractivity contribution < 1.29 is 23.4 Å². The van der Waals surface area contributed by atoms with E-state index in [9.17, 15) is 18.3 Å². The van der Waals surface area contributed by atoms with Gasteiger partial charge in [0.25, 0.3) is 0 Å². The molecule has 2 N–H and O–H groups in total. The molecule has 0 saturated carbocycles. The van der Waals surface area contributed by atoms with E-state index >= 15 is 0 Å². The Morgan fingerprint density at radius 1 is 1.44 bits per heavy atom. The van der Waals surface area contributed by atoms with Crippen LogP contribution in [0.5, 0.6) is 5.75 Å². The van der Waals surface area contributed by atoms with Crippen LogP contribution in [0.1, 0.15) is 13.8 Å². The van der Waals surface area contributed by atoms with Crippen LogP contribution in [0.3, 0.4) is 0 Å². The standard InChI is InChI=1S/C11H15NO5S/c1-3-12(9-5-4-6-10(13)7-9)18(16,17)8(2)11(14)15/h4-8,13H,3H2,1-2H3,(H,14,15). The first kappa shape index (κ1) is 14.3. The van der Waals surface area contributed by atoms with E-state index in [4.69, 9.17) is 5.11 Å². The van der Waals surface area contributed by atoms with E-state index < -0.39 is 21.2 Å². The van der Waals surface area contributed by atoms with Gasteiger partial charge in [-0.3, -0.25) is 9.10 Å². The zero-order valence-electron chi connectivity index (χ0n) is 10.1. The SMILES string of the molecule is CCN(c1cccc(O)c1)S(=O)(=O)C(C)C(=O)O. The zero-order valence-corrected chi connectivity index (χ0v) is 10.9. The molecule has 0 aliphatic rings. The van der Waals surface area contributed by atoms with Crippen LogP contribution >= 0.6 is 0 Å². The second kappa shape index (κ2) is 5.26. The maximum atomic E-state index is 12.1. The number of nitrogens with zero attached hydrogens (tertiary/aromatic N) is 1. The summed E-state index contributed by atoms with van der Waals surface area (Å²) < 4.78 is 25.1. The Morgan fingerprint density at radius 2 is 2.06 bits per heavy atom. The monoisotopic (exact) mass is 273 g/mol. The fraction of sp³-hybridized carbons (Fsp3) is 0.364. The van der Waals surface area contributed by atoms with E-state index in [1.165, 1.54) is 24.3 Å². The summed E-state index contributed by atoms with van der Waals surface area (Å²) in [5.41, 5.74) is 0.241. The fourth-order valence-corrected chi connectivity index (χ4v) is 2.88. The zero-order chi connectivity index (χ0) is 13.9. The number of hydrogen-bond donors (Lipinski definition) is 2. The summed E-state index contributed by atoms with van der Waals surface area (Å²) in [6.45, 7) is 2.79. The van der Waals surface area contributed by atoms with Crippen LogP contribution in [-0.2, 0) is 14.8 Å². The molecular weight excluding hydrogens is 258 g/mol. The maximum Gasteiger partial charge on any atom is 0.323 e. The fourth-order valence-electron chi connectivity index (χ4n) is 1.48. The number of aromatic hydroxyl groups is 1. The molecule has 100 valence electrons. The van der Waals surface area contributed by atoms with E-state index in [1.54, 1.807) is 6.92 Å². The minimum atomic E-state index is -4.00. The predicted molar refractivity (Wildman–Crippen MR) is 67.1 cm³/mol. The summed E-state index contributed by atoms with van der Waals surface area (Å²) in [7, 11) is -4.00. The third kappa shape index (κ3) is 2.73. The van der Waals surface area contributed by atoms with Crippen molar-refractivity contribution in [2.75, 3.05) is 10.8 Å². The Balaban J connectivity index is 3.22. The summed E-state index contributed by atoms with van der Waals surface area (Å²) in [5.74, 6) is -1.49. The molecule has 0 spiro atoms. The maximum absolute atomic E-state index is 12.1. The second-order valence-electron chi connectivity index (χ2n) is 3.71. The lowest BCUT2D eigenvalue weighted by atomic mass is 10.3. The van der Waals surface area contributed by atoms with Crippen molar-refractivity contribution in [2.24, 2.45) is 0 Å². The summed E-state index contributed by atoms with van der Waals surface area (Å²) >= 11 is 0. The quantitative estimate of drug-likeness (QED) is 0.835. The lowest BCUT2D eigenvalue weighted by Crippen LogP contribution is -2.41. The Bertz CT molecular complexity index is 540. The van der Waals surface area contributed by atoms with Gasteiger partial charge in [0.05, 0.1) is 5.69 Å². The number of sulfonamides is 1. The van der Waals surface area contributed by atoms with Crippen LogP contribution in [0.4, 0.5) is 5.69 Å². The molecule has 0 bridgehead atoms. The van der Waals surface area contributed by atoms with Crippen LogP contribution in [-0.4, -0.2) is 36.4 Å². The number of phenols is 1. The predicted octanol–water partition coefficient (Wildman–Crippen LogP) is 1.02. The number of aliphatic carboxylic acids is 1. The highest BCUT2D eigenvalue weighted by atomic mass is 32.2. The first-order chi connectivity index (χ1) is 8.30. The first-order valence-electron chi connectivity index (χ1n) is 5.34. The molecule has 6 nitrogen and oxygen atoms in total. The van der Waals surface area contributed by atoms with E-state index in [2.05, 4.69) is 0 Å². The van der Waals surface area contributed by atoms with Gasteiger partial charge in [-0.15, -0.1) is 0 Å². The number of carbonyl (C=O) groups is 1. The van der Waals surface area contributed by atoms with Crippen LogP contribution in [0.2, 0.25) is 0 Å². The average Bonchev–Trinajstić information content (AvgIpc) is 2.28. The third-order valence-electron chi connectivity index (χ3n) is 2.51. The molecule has 0 amide bonds. The minimum absolute atomic E-state index is 0.0795. The number of benzene rings is 1. The van der Waals surface area contributed by atoms with Gasteiger partial charge in [-0.05, 0) is 26.0 Å². The Labute approximate surface area is 106 Å². The van der Waals surface area contributed by atoms with Gasteiger partial charge in [-0.1, -0.05) is 6.07 Å². The number of carboxylic acids is 1. The summed E-state index contributed by atoms with van der Waals surface area (Å²) in [6.07, 6.45) is 0. The number of carboxylic acid groups (broad SMARTS) is 1. The van der Waals surface area contributed by atoms with Gasteiger partial charge < -0.3 is 10.2 Å². The summed E-state index contributed by atoms with van der Waals surface area (Å²) in [6, 6.07) is 5.67. The van der Waals surface area contributed by atoms with Crippen LogP contribution in [0.25, 0.3) is 0 Å². The topological polar surface area (TPSA) is 94.9 Å². The molecule has 0 radical (unpaired) electrons. The van der Waals surface area contributed by atoms with Crippen molar-refractivity contribution in [1.82, 2.24) is 0 Å². The van der Waals surface area contributed by atoms with E-state index in [-0.39, 0.29) is 18.0 Å². The molecule has 1 aromatic rings. The van der Waals surface area contributed by atoms with Gasteiger partial charge in [-0.2, -0.15) is 0 Å².